The van der Waals surface area contributed by atoms with Crippen molar-refractivity contribution in [3.8, 4) is 0 Å². The van der Waals surface area contributed by atoms with Gasteiger partial charge in [0, 0.05) is 38.1 Å². The van der Waals surface area contributed by atoms with Gasteiger partial charge >= 0.3 is 0 Å². The van der Waals surface area contributed by atoms with E-state index in [1.165, 1.54) is 23.1 Å². The molecule has 3 rings (SSSR count). The minimum absolute atomic E-state index is 0.0618. The molecule has 0 unspecified atom stereocenters. The van der Waals surface area contributed by atoms with E-state index < -0.39 is 0 Å². The van der Waals surface area contributed by atoms with Crippen LogP contribution in [0.1, 0.15) is 6.92 Å². The number of amides is 1. The lowest BCUT2D eigenvalue weighted by Gasteiger charge is -2.28. The van der Waals surface area contributed by atoms with Crippen molar-refractivity contribution in [2.45, 2.75) is 16.5 Å². The number of aromatic nitrogens is 2. The van der Waals surface area contributed by atoms with Crippen molar-refractivity contribution in [1.82, 2.24) is 10.2 Å². The number of hydrogen-bond donors (Lipinski definition) is 2. The summed E-state index contributed by atoms with van der Waals surface area (Å²) in [6.45, 7) is 6.43. The Kier molecular flexibility index (Phi) is 7.90. The predicted octanol–water partition coefficient (Wildman–Crippen LogP) is 2.55. The average molecular weight is 424 g/mol. The highest BCUT2D eigenvalue weighted by atomic mass is 32.2. The summed E-state index contributed by atoms with van der Waals surface area (Å²) in [6.07, 6.45) is 0. The molecule has 1 aromatic carbocycles. The van der Waals surface area contributed by atoms with Gasteiger partial charge in [-0.15, -0.1) is 10.2 Å². The van der Waals surface area contributed by atoms with Gasteiger partial charge < -0.3 is 25.0 Å². The van der Waals surface area contributed by atoms with Gasteiger partial charge in [0.05, 0.1) is 25.1 Å². The molecule has 1 amide bonds. The van der Waals surface area contributed by atoms with Crippen molar-refractivity contribution < 1.29 is 14.3 Å². The summed E-state index contributed by atoms with van der Waals surface area (Å²) in [7, 11) is 1.65. The third-order valence-corrected chi connectivity index (χ3v) is 6.21. The molecule has 1 fully saturated rings. The number of thioether (sulfide) groups is 1. The van der Waals surface area contributed by atoms with Crippen LogP contribution in [0.15, 0.2) is 28.6 Å². The third-order valence-electron chi connectivity index (χ3n) is 4.15. The summed E-state index contributed by atoms with van der Waals surface area (Å²) >= 11 is 2.83. The van der Waals surface area contributed by atoms with E-state index in [0.717, 1.165) is 47.1 Å². The van der Waals surface area contributed by atoms with Gasteiger partial charge in [0.2, 0.25) is 11.0 Å². The van der Waals surface area contributed by atoms with Crippen LogP contribution in [0.2, 0.25) is 0 Å². The zero-order chi connectivity index (χ0) is 19.8. The first-order valence-corrected chi connectivity index (χ1v) is 10.8. The normalized spacial score (nSPS) is 15.3. The molecule has 28 heavy (non-hydrogen) atoms. The number of benzene rings is 1. The number of hydrogen-bond acceptors (Lipinski definition) is 9. The molecule has 0 saturated carbocycles. The lowest BCUT2D eigenvalue weighted by Crippen LogP contribution is -2.36. The molecule has 1 saturated heterocycles. The van der Waals surface area contributed by atoms with Crippen LogP contribution in [0.3, 0.4) is 0 Å². The van der Waals surface area contributed by atoms with Gasteiger partial charge in [-0.2, -0.15) is 0 Å². The standard InChI is InChI=1S/C18H25N5O3S2/c1-13(27-18-22-21-17(28-18)19-7-10-25-2)16(24)20-14-3-5-15(6-4-14)23-8-11-26-12-9-23/h3-6,13H,7-12H2,1-2H3,(H,19,21)(H,20,24)/t13-/m0/s1. The molecule has 2 aromatic rings. The second-order valence-corrected chi connectivity index (χ2v) is 8.75. The van der Waals surface area contributed by atoms with E-state index in [4.69, 9.17) is 9.47 Å². The molecular weight excluding hydrogens is 398 g/mol. The number of carbonyl (C=O) groups is 1. The van der Waals surface area contributed by atoms with E-state index in [1.807, 2.05) is 31.2 Å². The first kappa shape index (κ1) is 20.8. The first-order chi connectivity index (χ1) is 13.7. The summed E-state index contributed by atoms with van der Waals surface area (Å²) < 4.78 is 11.1. The van der Waals surface area contributed by atoms with Crippen LogP contribution in [0, 0.1) is 0 Å². The molecule has 0 radical (unpaired) electrons. The van der Waals surface area contributed by atoms with E-state index in [9.17, 15) is 4.79 Å². The van der Waals surface area contributed by atoms with Gasteiger partial charge in [-0.05, 0) is 31.2 Å². The largest absolute Gasteiger partial charge is 0.383 e. The van der Waals surface area contributed by atoms with E-state index in [1.54, 1.807) is 7.11 Å². The van der Waals surface area contributed by atoms with Crippen molar-refractivity contribution >= 4 is 45.5 Å². The summed E-state index contributed by atoms with van der Waals surface area (Å²) in [5.41, 5.74) is 1.93. The van der Waals surface area contributed by atoms with Crippen molar-refractivity contribution in [3.05, 3.63) is 24.3 Å². The Balaban J connectivity index is 1.48. The molecule has 8 nitrogen and oxygen atoms in total. The fraction of sp³-hybridized carbons (Fsp3) is 0.500. The summed E-state index contributed by atoms with van der Waals surface area (Å²) in [5.74, 6) is -0.0618. The van der Waals surface area contributed by atoms with Gasteiger partial charge in [-0.3, -0.25) is 4.79 Å². The molecule has 0 bridgehead atoms. The van der Waals surface area contributed by atoms with Crippen LogP contribution in [0.5, 0.6) is 0 Å². The number of rotatable bonds is 9. The fourth-order valence-electron chi connectivity index (χ4n) is 2.61. The second kappa shape index (κ2) is 10.6. The monoisotopic (exact) mass is 423 g/mol. The maximum Gasteiger partial charge on any atom is 0.237 e. The van der Waals surface area contributed by atoms with Crippen LogP contribution >= 0.6 is 23.1 Å². The quantitative estimate of drug-likeness (QED) is 0.470. The molecule has 1 atom stereocenters. The fourth-order valence-corrected chi connectivity index (χ4v) is 4.54. The van der Waals surface area contributed by atoms with Gasteiger partial charge in [-0.25, -0.2) is 0 Å². The SMILES string of the molecule is COCCNc1nnc(S[C@@H](C)C(=O)Nc2ccc(N3CCOCC3)cc2)s1. The maximum absolute atomic E-state index is 12.5. The lowest BCUT2D eigenvalue weighted by molar-refractivity contribution is -0.115. The molecule has 1 aliphatic heterocycles. The van der Waals surface area contributed by atoms with Crippen LogP contribution in [0.25, 0.3) is 0 Å². The van der Waals surface area contributed by atoms with Crippen LogP contribution in [-0.4, -0.2) is 67.9 Å². The van der Waals surface area contributed by atoms with Crippen molar-refractivity contribution in [2.75, 3.05) is 62.1 Å². The number of nitrogens with zero attached hydrogens (tertiary/aromatic N) is 3. The summed E-state index contributed by atoms with van der Waals surface area (Å²) in [4.78, 5) is 14.8. The Morgan fingerprint density at radius 3 is 2.79 bits per heavy atom. The highest BCUT2D eigenvalue weighted by Crippen LogP contribution is 2.29. The van der Waals surface area contributed by atoms with E-state index in [-0.39, 0.29) is 11.2 Å². The molecule has 2 heterocycles. The summed E-state index contributed by atoms with van der Waals surface area (Å²) in [5, 5.41) is 14.7. The molecule has 0 aliphatic carbocycles. The number of morpholine rings is 1. The zero-order valence-corrected chi connectivity index (χ0v) is 17.6. The Hall–Kier alpha value is -1.88. The average Bonchev–Trinajstić information content (AvgIpc) is 3.16. The first-order valence-electron chi connectivity index (χ1n) is 9.12. The number of methoxy groups -OCH3 is 1. The molecule has 2 N–H and O–H groups in total. The Morgan fingerprint density at radius 1 is 1.32 bits per heavy atom. The van der Waals surface area contributed by atoms with Gasteiger partial charge in [-0.1, -0.05) is 23.1 Å². The Bertz CT molecular complexity index is 750. The highest BCUT2D eigenvalue weighted by molar-refractivity contribution is 8.02. The van der Waals surface area contributed by atoms with Crippen LogP contribution in [-0.2, 0) is 14.3 Å². The molecule has 1 aliphatic rings. The smallest absolute Gasteiger partial charge is 0.237 e. The third kappa shape index (κ3) is 6.06. The minimum atomic E-state index is -0.279. The van der Waals surface area contributed by atoms with Gasteiger partial charge in [0.1, 0.15) is 0 Å². The molecule has 10 heteroatoms. The van der Waals surface area contributed by atoms with E-state index in [2.05, 4.69) is 25.7 Å². The topological polar surface area (TPSA) is 88.6 Å². The van der Waals surface area contributed by atoms with Crippen molar-refractivity contribution in [1.29, 1.82) is 0 Å². The van der Waals surface area contributed by atoms with Gasteiger partial charge in [0.25, 0.3) is 0 Å². The molecular formula is C18H25N5O3S2. The maximum atomic E-state index is 12.5. The van der Waals surface area contributed by atoms with E-state index >= 15 is 0 Å². The van der Waals surface area contributed by atoms with E-state index in [0.29, 0.717) is 13.2 Å². The van der Waals surface area contributed by atoms with Crippen LogP contribution < -0.4 is 15.5 Å². The second-order valence-electron chi connectivity index (χ2n) is 6.19. The van der Waals surface area contributed by atoms with Gasteiger partial charge in [0.15, 0.2) is 4.34 Å². The zero-order valence-electron chi connectivity index (χ0n) is 16.0. The summed E-state index contributed by atoms with van der Waals surface area (Å²) in [6, 6.07) is 7.93. The Labute approximate surface area is 173 Å². The number of nitrogens with one attached hydrogen (secondary N) is 2. The molecule has 1 aromatic heterocycles. The number of anilines is 3. The molecule has 0 spiro atoms. The van der Waals surface area contributed by atoms with Crippen molar-refractivity contribution in [3.63, 3.8) is 0 Å². The number of ether oxygens (including phenoxy) is 2. The number of carbonyl (C=O) groups excluding carboxylic acids is 1. The highest BCUT2D eigenvalue weighted by Gasteiger charge is 2.18. The van der Waals surface area contributed by atoms with Crippen LogP contribution in [0.4, 0.5) is 16.5 Å². The molecule has 152 valence electrons. The lowest BCUT2D eigenvalue weighted by atomic mass is 10.2. The Morgan fingerprint density at radius 2 is 2.07 bits per heavy atom. The van der Waals surface area contributed by atoms with Crippen molar-refractivity contribution in [2.24, 2.45) is 0 Å². The predicted molar refractivity (Wildman–Crippen MR) is 114 cm³/mol. The minimum Gasteiger partial charge on any atom is -0.383 e.